The first-order chi connectivity index (χ1) is 8.84. The standard InChI is InChI=1S/C14H15ClO4/c1-14(2)10(12(16)17)11(14)13(18)19-7-8-3-5-9(15)6-4-8/h3-6,10-11H,7H2,1-2H3,(H,16,17). The number of carbonyl (C=O) groups excluding carboxylic acids is 1. The van der Waals surface area contributed by atoms with Crippen LogP contribution in [0, 0.1) is 17.3 Å². The lowest BCUT2D eigenvalue weighted by molar-refractivity contribution is -0.150. The van der Waals surface area contributed by atoms with Crippen LogP contribution in [-0.4, -0.2) is 17.0 Å². The summed E-state index contributed by atoms with van der Waals surface area (Å²) in [4.78, 5) is 22.8. The highest BCUT2D eigenvalue weighted by atomic mass is 35.5. The number of aliphatic carboxylic acids is 1. The number of halogens is 1. The predicted octanol–water partition coefficient (Wildman–Crippen LogP) is 2.74. The van der Waals surface area contributed by atoms with Crippen molar-refractivity contribution in [3.05, 3.63) is 34.9 Å². The lowest BCUT2D eigenvalue weighted by Crippen LogP contribution is -2.11. The van der Waals surface area contributed by atoms with Crippen LogP contribution in [0.5, 0.6) is 0 Å². The zero-order valence-corrected chi connectivity index (χ0v) is 11.5. The molecular weight excluding hydrogens is 268 g/mol. The van der Waals surface area contributed by atoms with Crippen molar-refractivity contribution in [1.82, 2.24) is 0 Å². The van der Waals surface area contributed by atoms with E-state index in [-0.39, 0.29) is 6.61 Å². The van der Waals surface area contributed by atoms with E-state index >= 15 is 0 Å². The largest absolute Gasteiger partial charge is 0.481 e. The third-order valence-electron chi connectivity index (χ3n) is 3.64. The molecule has 2 unspecified atom stereocenters. The first-order valence-corrected chi connectivity index (χ1v) is 6.35. The molecule has 0 heterocycles. The second kappa shape index (κ2) is 4.85. The van der Waals surface area contributed by atoms with Crippen LogP contribution in [0.1, 0.15) is 19.4 Å². The van der Waals surface area contributed by atoms with Crippen molar-refractivity contribution < 1.29 is 19.4 Å². The van der Waals surface area contributed by atoms with E-state index in [9.17, 15) is 9.59 Å². The molecule has 19 heavy (non-hydrogen) atoms. The van der Waals surface area contributed by atoms with Gasteiger partial charge in [-0.25, -0.2) is 0 Å². The molecular formula is C14H15ClO4. The molecule has 1 aliphatic rings. The van der Waals surface area contributed by atoms with E-state index in [0.717, 1.165) is 5.56 Å². The minimum Gasteiger partial charge on any atom is -0.481 e. The van der Waals surface area contributed by atoms with Gasteiger partial charge in [-0.15, -0.1) is 0 Å². The first-order valence-electron chi connectivity index (χ1n) is 5.98. The summed E-state index contributed by atoms with van der Waals surface area (Å²) < 4.78 is 5.16. The Balaban J connectivity index is 1.93. The molecule has 0 saturated heterocycles. The second-order valence-electron chi connectivity index (χ2n) is 5.35. The molecule has 1 aliphatic carbocycles. The number of carbonyl (C=O) groups is 2. The van der Waals surface area contributed by atoms with Gasteiger partial charge in [0.2, 0.25) is 0 Å². The Morgan fingerprint density at radius 2 is 1.84 bits per heavy atom. The number of ether oxygens (including phenoxy) is 1. The average molecular weight is 283 g/mol. The van der Waals surface area contributed by atoms with Gasteiger partial charge in [0.25, 0.3) is 0 Å². The summed E-state index contributed by atoms with van der Waals surface area (Å²) in [5, 5.41) is 9.62. The minimum absolute atomic E-state index is 0.134. The summed E-state index contributed by atoms with van der Waals surface area (Å²) in [5.74, 6) is -2.60. The van der Waals surface area contributed by atoms with Gasteiger partial charge < -0.3 is 9.84 Å². The molecule has 1 saturated carbocycles. The number of hydrogen-bond acceptors (Lipinski definition) is 3. The summed E-state index contributed by atoms with van der Waals surface area (Å²) in [6.45, 7) is 3.66. The Kier molecular flexibility index (Phi) is 3.54. The number of esters is 1. The van der Waals surface area contributed by atoms with E-state index in [1.165, 1.54) is 0 Å². The molecule has 1 aromatic rings. The van der Waals surface area contributed by atoms with Crippen LogP contribution in [0.25, 0.3) is 0 Å². The van der Waals surface area contributed by atoms with Crippen molar-refractivity contribution in [1.29, 1.82) is 0 Å². The smallest absolute Gasteiger partial charge is 0.310 e. The van der Waals surface area contributed by atoms with Gasteiger partial charge in [-0.2, -0.15) is 0 Å². The van der Waals surface area contributed by atoms with Gasteiger partial charge in [-0.1, -0.05) is 37.6 Å². The molecule has 0 spiro atoms. The molecule has 4 nitrogen and oxygen atoms in total. The van der Waals surface area contributed by atoms with Gasteiger partial charge in [0.1, 0.15) is 6.61 Å². The topological polar surface area (TPSA) is 63.6 Å². The lowest BCUT2D eigenvalue weighted by Gasteiger charge is -2.05. The second-order valence-corrected chi connectivity index (χ2v) is 5.79. The van der Waals surface area contributed by atoms with Crippen molar-refractivity contribution in [2.45, 2.75) is 20.5 Å². The quantitative estimate of drug-likeness (QED) is 0.863. The molecule has 0 bridgehead atoms. The van der Waals surface area contributed by atoms with Crippen LogP contribution in [0.4, 0.5) is 0 Å². The molecule has 5 heteroatoms. The van der Waals surface area contributed by atoms with Crippen LogP contribution in [0.15, 0.2) is 24.3 Å². The molecule has 102 valence electrons. The van der Waals surface area contributed by atoms with Gasteiger partial charge in [0.05, 0.1) is 11.8 Å². The Bertz CT molecular complexity index is 507. The maximum atomic E-state index is 11.9. The summed E-state index contributed by atoms with van der Waals surface area (Å²) >= 11 is 5.75. The molecule has 1 aromatic carbocycles. The van der Waals surface area contributed by atoms with Crippen molar-refractivity contribution in [2.24, 2.45) is 17.3 Å². The van der Waals surface area contributed by atoms with Crippen LogP contribution < -0.4 is 0 Å². The van der Waals surface area contributed by atoms with Crippen molar-refractivity contribution in [2.75, 3.05) is 0 Å². The number of rotatable bonds is 4. The molecule has 0 aliphatic heterocycles. The van der Waals surface area contributed by atoms with E-state index in [2.05, 4.69) is 0 Å². The normalized spacial score (nSPS) is 23.7. The zero-order chi connectivity index (χ0) is 14.2. The molecule has 2 atom stereocenters. The molecule has 2 rings (SSSR count). The van der Waals surface area contributed by atoms with E-state index in [0.29, 0.717) is 5.02 Å². The SMILES string of the molecule is CC1(C)C(C(=O)O)C1C(=O)OCc1ccc(Cl)cc1. The molecule has 0 radical (unpaired) electrons. The lowest BCUT2D eigenvalue weighted by atomic mass is 10.1. The Labute approximate surface area is 116 Å². The Morgan fingerprint density at radius 1 is 1.26 bits per heavy atom. The van der Waals surface area contributed by atoms with Crippen molar-refractivity contribution in [3.63, 3.8) is 0 Å². The minimum atomic E-state index is -0.946. The summed E-state index contributed by atoms with van der Waals surface area (Å²) in [6.07, 6.45) is 0. The third kappa shape index (κ3) is 2.73. The zero-order valence-electron chi connectivity index (χ0n) is 10.7. The molecule has 0 aromatic heterocycles. The number of benzene rings is 1. The Hall–Kier alpha value is -1.55. The summed E-state index contributed by atoms with van der Waals surface area (Å²) in [7, 11) is 0. The van der Waals surface area contributed by atoms with E-state index in [1.807, 2.05) is 0 Å². The van der Waals surface area contributed by atoms with Crippen LogP contribution in [0.2, 0.25) is 5.02 Å². The Morgan fingerprint density at radius 3 is 2.32 bits per heavy atom. The highest BCUT2D eigenvalue weighted by molar-refractivity contribution is 6.30. The average Bonchev–Trinajstić information content (AvgIpc) is 2.91. The fraction of sp³-hybridized carbons (Fsp3) is 0.429. The molecule has 1 N–H and O–H groups in total. The van der Waals surface area contributed by atoms with E-state index in [4.69, 9.17) is 21.4 Å². The maximum absolute atomic E-state index is 11.9. The maximum Gasteiger partial charge on any atom is 0.310 e. The molecule has 0 amide bonds. The number of carboxylic acids is 1. The van der Waals surface area contributed by atoms with Gasteiger partial charge in [-0.3, -0.25) is 9.59 Å². The van der Waals surface area contributed by atoms with E-state index < -0.39 is 29.2 Å². The molecule has 1 fully saturated rings. The first kappa shape index (κ1) is 13.9. The predicted molar refractivity (Wildman–Crippen MR) is 69.6 cm³/mol. The van der Waals surface area contributed by atoms with Crippen LogP contribution in [-0.2, 0) is 20.9 Å². The monoisotopic (exact) mass is 282 g/mol. The highest BCUT2D eigenvalue weighted by Crippen LogP contribution is 2.58. The van der Waals surface area contributed by atoms with Gasteiger partial charge in [0, 0.05) is 5.02 Å². The van der Waals surface area contributed by atoms with Crippen LogP contribution >= 0.6 is 11.6 Å². The van der Waals surface area contributed by atoms with Gasteiger partial charge in [-0.05, 0) is 23.1 Å². The van der Waals surface area contributed by atoms with Crippen molar-refractivity contribution in [3.8, 4) is 0 Å². The van der Waals surface area contributed by atoms with E-state index in [1.54, 1.807) is 38.1 Å². The number of hydrogen-bond donors (Lipinski definition) is 1. The fourth-order valence-electron chi connectivity index (χ4n) is 2.36. The van der Waals surface area contributed by atoms with Crippen LogP contribution in [0.3, 0.4) is 0 Å². The fourth-order valence-corrected chi connectivity index (χ4v) is 2.49. The third-order valence-corrected chi connectivity index (χ3v) is 3.89. The highest BCUT2D eigenvalue weighted by Gasteiger charge is 2.66. The van der Waals surface area contributed by atoms with Crippen molar-refractivity contribution >= 4 is 23.5 Å². The summed E-state index contributed by atoms with van der Waals surface area (Å²) in [6, 6.07) is 6.96. The van der Waals surface area contributed by atoms with Gasteiger partial charge in [0.15, 0.2) is 0 Å². The summed E-state index contributed by atoms with van der Waals surface area (Å²) in [5.41, 5.74) is 0.297. The van der Waals surface area contributed by atoms with Gasteiger partial charge >= 0.3 is 11.9 Å². The number of carboxylic acid groups (broad SMARTS) is 1.